The van der Waals surface area contributed by atoms with E-state index in [9.17, 15) is 26.4 Å². The summed E-state index contributed by atoms with van der Waals surface area (Å²) in [5.41, 5.74) is 1.29. The lowest BCUT2D eigenvalue weighted by Crippen LogP contribution is -2.38. The first kappa shape index (κ1) is 25.1. The van der Waals surface area contributed by atoms with Gasteiger partial charge in [-0.2, -0.15) is 13.2 Å². The molecule has 190 valence electrons. The molecule has 0 spiro atoms. The average molecular weight is 545 g/mol. The Balaban J connectivity index is 1.53. The number of carbonyl (C=O) groups is 1. The maximum Gasteiger partial charge on any atom is 0.417 e. The molecule has 1 N–H and O–H groups in total. The third-order valence-corrected chi connectivity index (χ3v) is 8.43. The van der Waals surface area contributed by atoms with Crippen molar-refractivity contribution in [2.75, 3.05) is 16.2 Å². The van der Waals surface area contributed by atoms with Crippen molar-refractivity contribution in [2.24, 2.45) is 0 Å². The SMILES string of the molecule is O=C(CN(c1ccc(Cl)c(C(F)(F)F)c1)S(=O)(=O)c1ccccc1)Nc1ccc2c3c(cccc13)CC2. The molecule has 4 aromatic rings. The lowest BCUT2D eigenvalue weighted by atomic mass is 10.0. The van der Waals surface area contributed by atoms with Crippen molar-refractivity contribution >= 4 is 49.7 Å². The number of aryl methyl sites for hydroxylation is 2. The average Bonchev–Trinajstić information content (AvgIpc) is 3.29. The molecule has 0 saturated heterocycles. The molecular weight excluding hydrogens is 525 g/mol. The minimum Gasteiger partial charge on any atom is -0.324 e. The van der Waals surface area contributed by atoms with E-state index in [1.54, 1.807) is 12.1 Å². The van der Waals surface area contributed by atoms with E-state index in [4.69, 9.17) is 11.6 Å². The minimum absolute atomic E-state index is 0.170. The van der Waals surface area contributed by atoms with E-state index in [0.29, 0.717) is 16.1 Å². The van der Waals surface area contributed by atoms with Crippen LogP contribution in [-0.2, 0) is 33.8 Å². The van der Waals surface area contributed by atoms with Gasteiger partial charge < -0.3 is 5.32 Å². The predicted octanol–water partition coefficient (Wildman–Crippen LogP) is 6.44. The lowest BCUT2D eigenvalue weighted by molar-refractivity contribution is -0.137. The highest BCUT2D eigenvalue weighted by molar-refractivity contribution is 7.92. The monoisotopic (exact) mass is 544 g/mol. The number of carbonyl (C=O) groups excluding carboxylic acids is 1. The summed E-state index contributed by atoms with van der Waals surface area (Å²) in [6.07, 6.45) is -3.03. The van der Waals surface area contributed by atoms with Crippen LogP contribution in [0.2, 0.25) is 5.02 Å². The van der Waals surface area contributed by atoms with Gasteiger partial charge in [-0.25, -0.2) is 8.42 Å². The molecule has 0 aliphatic heterocycles. The summed E-state index contributed by atoms with van der Waals surface area (Å²) < 4.78 is 68.3. The Kier molecular flexibility index (Phi) is 6.37. The number of nitrogens with one attached hydrogen (secondary N) is 1. The summed E-state index contributed by atoms with van der Waals surface area (Å²) in [6.45, 7) is -0.751. The fourth-order valence-electron chi connectivity index (χ4n) is 4.60. The second kappa shape index (κ2) is 9.39. The number of sulfonamides is 1. The lowest BCUT2D eigenvalue weighted by Gasteiger charge is -2.25. The maximum atomic E-state index is 13.5. The molecule has 37 heavy (non-hydrogen) atoms. The van der Waals surface area contributed by atoms with Gasteiger partial charge in [0.05, 0.1) is 21.2 Å². The van der Waals surface area contributed by atoms with Gasteiger partial charge in [-0.1, -0.05) is 54.1 Å². The molecule has 0 unspecified atom stereocenters. The second-order valence-corrected chi connectivity index (χ2v) is 10.9. The first-order chi connectivity index (χ1) is 17.6. The molecule has 4 aromatic carbocycles. The normalized spacial score (nSPS) is 13.1. The zero-order chi connectivity index (χ0) is 26.4. The van der Waals surface area contributed by atoms with E-state index < -0.39 is 39.2 Å². The molecule has 0 aromatic heterocycles. The van der Waals surface area contributed by atoms with E-state index in [1.165, 1.54) is 24.3 Å². The van der Waals surface area contributed by atoms with Gasteiger partial charge in [-0.15, -0.1) is 0 Å². The zero-order valence-electron chi connectivity index (χ0n) is 19.2. The van der Waals surface area contributed by atoms with Crippen molar-refractivity contribution in [1.82, 2.24) is 0 Å². The van der Waals surface area contributed by atoms with Crippen molar-refractivity contribution in [3.63, 3.8) is 0 Å². The topological polar surface area (TPSA) is 66.5 Å². The van der Waals surface area contributed by atoms with Crippen LogP contribution in [0.5, 0.6) is 0 Å². The molecule has 0 saturated carbocycles. The van der Waals surface area contributed by atoms with Crippen LogP contribution in [0.1, 0.15) is 16.7 Å². The fraction of sp³-hybridized carbons (Fsp3) is 0.148. The van der Waals surface area contributed by atoms with Crippen LogP contribution in [0.4, 0.5) is 24.5 Å². The summed E-state index contributed by atoms with van der Waals surface area (Å²) in [5, 5.41) is 4.06. The molecular formula is C27H20ClF3N2O3S. The summed E-state index contributed by atoms with van der Waals surface area (Å²) in [6, 6.07) is 19.4. The van der Waals surface area contributed by atoms with Crippen molar-refractivity contribution < 1.29 is 26.4 Å². The molecule has 5 nitrogen and oxygen atoms in total. The van der Waals surface area contributed by atoms with Crippen LogP contribution in [0.3, 0.4) is 0 Å². The number of anilines is 2. The Morgan fingerprint density at radius 3 is 2.32 bits per heavy atom. The standard InChI is InChI=1S/C27H20ClF3N2O3S/c28-23-13-12-19(15-22(23)27(29,30)31)33(37(35,36)20-6-2-1-3-7-20)16-25(34)32-24-14-11-18-10-9-17-5-4-8-21(24)26(17)18/h1-8,11-15H,9-10,16H2,(H,32,34). The molecule has 0 bridgehead atoms. The maximum absolute atomic E-state index is 13.5. The van der Waals surface area contributed by atoms with Gasteiger partial charge in [-0.05, 0) is 65.8 Å². The Morgan fingerprint density at radius 2 is 1.62 bits per heavy atom. The number of benzene rings is 4. The van der Waals surface area contributed by atoms with Crippen LogP contribution in [0, 0.1) is 0 Å². The van der Waals surface area contributed by atoms with Crippen LogP contribution in [0.25, 0.3) is 10.8 Å². The van der Waals surface area contributed by atoms with Crippen molar-refractivity contribution in [3.8, 4) is 0 Å². The Labute approximate surface area is 216 Å². The van der Waals surface area contributed by atoms with Crippen LogP contribution >= 0.6 is 11.6 Å². The molecule has 10 heteroatoms. The van der Waals surface area contributed by atoms with Gasteiger partial charge >= 0.3 is 6.18 Å². The second-order valence-electron chi connectivity index (χ2n) is 8.65. The van der Waals surface area contributed by atoms with Crippen LogP contribution in [0.15, 0.2) is 83.8 Å². The summed E-state index contributed by atoms with van der Waals surface area (Å²) >= 11 is 5.75. The molecule has 1 aliphatic rings. The summed E-state index contributed by atoms with van der Waals surface area (Å²) in [4.78, 5) is 13.0. The summed E-state index contributed by atoms with van der Waals surface area (Å²) in [5.74, 6) is -0.707. The number of halogens is 4. The Morgan fingerprint density at radius 1 is 0.919 bits per heavy atom. The van der Waals surface area contributed by atoms with Gasteiger partial charge in [0.25, 0.3) is 10.0 Å². The van der Waals surface area contributed by atoms with Crippen molar-refractivity contribution in [2.45, 2.75) is 23.9 Å². The van der Waals surface area contributed by atoms with Gasteiger partial charge in [-0.3, -0.25) is 9.10 Å². The van der Waals surface area contributed by atoms with E-state index in [-0.39, 0.29) is 10.6 Å². The van der Waals surface area contributed by atoms with Crippen LogP contribution in [-0.4, -0.2) is 20.9 Å². The van der Waals surface area contributed by atoms with Gasteiger partial charge in [0, 0.05) is 11.1 Å². The molecule has 0 radical (unpaired) electrons. The smallest absolute Gasteiger partial charge is 0.324 e. The summed E-state index contributed by atoms with van der Waals surface area (Å²) in [7, 11) is -4.40. The molecule has 0 fully saturated rings. The van der Waals surface area contributed by atoms with Gasteiger partial charge in [0.2, 0.25) is 5.91 Å². The third kappa shape index (κ3) is 4.76. The quantitative estimate of drug-likeness (QED) is 0.303. The zero-order valence-corrected chi connectivity index (χ0v) is 20.8. The minimum atomic E-state index is -4.82. The van der Waals surface area contributed by atoms with Gasteiger partial charge in [0.15, 0.2) is 0 Å². The third-order valence-electron chi connectivity index (χ3n) is 6.31. The highest BCUT2D eigenvalue weighted by Gasteiger charge is 2.35. The number of hydrogen-bond donors (Lipinski definition) is 1. The molecule has 0 atom stereocenters. The largest absolute Gasteiger partial charge is 0.417 e. The Hall–Kier alpha value is -3.56. The number of rotatable bonds is 6. The highest BCUT2D eigenvalue weighted by atomic mass is 35.5. The molecule has 1 amide bonds. The number of amides is 1. The molecule has 5 rings (SSSR count). The first-order valence-corrected chi connectivity index (χ1v) is 13.2. The predicted molar refractivity (Wildman–Crippen MR) is 137 cm³/mol. The first-order valence-electron chi connectivity index (χ1n) is 11.3. The molecule has 0 heterocycles. The molecule has 1 aliphatic carbocycles. The van der Waals surface area contributed by atoms with Crippen LogP contribution < -0.4 is 9.62 Å². The van der Waals surface area contributed by atoms with Crippen molar-refractivity contribution in [1.29, 1.82) is 0 Å². The number of nitrogens with zero attached hydrogens (tertiary/aromatic N) is 1. The van der Waals surface area contributed by atoms with E-state index in [2.05, 4.69) is 5.32 Å². The van der Waals surface area contributed by atoms with E-state index in [1.807, 2.05) is 24.3 Å². The number of alkyl halides is 3. The Bertz CT molecular complexity index is 1610. The highest BCUT2D eigenvalue weighted by Crippen LogP contribution is 2.38. The number of hydrogen-bond acceptors (Lipinski definition) is 3. The van der Waals surface area contributed by atoms with Gasteiger partial charge in [0.1, 0.15) is 6.54 Å². The van der Waals surface area contributed by atoms with E-state index >= 15 is 0 Å². The fourth-order valence-corrected chi connectivity index (χ4v) is 6.25. The van der Waals surface area contributed by atoms with Crippen molar-refractivity contribution in [3.05, 3.63) is 101 Å². The van der Waals surface area contributed by atoms with E-state index in [0.717, 1.165) is 46.9 Å².